The molecule has 1 aromatic carbocycles. The number of rotatable bonds is 3. The average Bonchev–Trinajstić information content (AvgIpc) is 2.37. The molecule has 1 heterocycles. The molecule has 0 aromatic heterocycles. The van der Waals surface area contributed by atoms with Gasteiger partial charge in [-0.25, -0.2) is 0 Å². The van der Waals surface area contributed by atoms with Gasteiger partial charge in [-0.15, -0.1) is 0 Å². The summed E-state index contributed by atoms with van der Waals surface area (Å²) in [5.74, 6) is 0. The Morgan fingerprint density at radius 3 is 2.15 bits per heavy atom. The minimum absolute atomic E-state index is 0.317. The van der Waals surface area contributed by atoms with Gasteiger partial charge in [0, 0.05) is 31.2 Å². The zero-order valence-corrected chi connectivity index (χ0v) is 13.8. The van der Waals surface area contributed by atoms with Crippen molar-refractivity contribution in [3.8, 4) is 0 Å². The second-order valence-corrected chi connectivity index (χ2v) is 7.18. The molecule has 1 saturated heterocycles. The van der Waals surface area contributed by atoms with E-state index < -0.39 is 0 Å². The van der Waals surface area contributed by atoms with Crippen LogP contribution in [0.1, 0.15) is 50.3 Å². The van der Waals surface area contributed by atoms with Crippen LogP contribution in [0.5, 0.6) is 0 Å². The van der Waals surface area contributed by atoms with Crippen molar-refractivity contribution in [1.82, 2.24) is 10.2 Å². The van der Waals surface area contributed by atoms with E-state index in [9.17, 15) is 0 Å². The SMILES string of the molecule is Cc1cccc(C)c1CNC1CCN(C(C)(C)C)CC1. The van der Waals surface area contributed by atoms with Gasteiger partial charge >= 0.3 is 0 Å². The molecule has 112 valence electrons. The number of hydrogen-bond donors (Lipinski definition) is 1. The maximum Gasteiger partial charge on any atom is 0.0213 e. The lowest BCUT2D eigenvalue weighted by Crippen LogP contribution is -2.49. The Labute approximate surface area is 124 Å². The first-order valence-corrected chi connectivity index (χ1v) is 7.91. The standard InChI is InChI=1S/C18H30N2/c1-14-7-6-8-15(2)17(14)13-19-16-9-11-20(12-10-16)18(3,4)5/h6-8,16,19H,9-13H2,1-5H3. The first-order chi connectivity index (χ1) is 9.38. The summed E-state index contributed by atoms with van der Waals surface area (Å²) >= 11 is 0. The van der Waals surface area contributed by atoms with Gasteiger partial charge in [-0.2, -0.15) is 0 Å². The molecule has 1 N–H and O–H groups in total. The molecule has 0 bridgehead atoms. The Balaban J connectivity index is 1.85. The molecule has 0 radical (unpaired) electrons. The molecule has 2 rings (SSSR count). The van der Waals surface area contributed by atoms with Crippen LogP contribution in [-0.4, -0.2) is 29.6 Å². The highest BCUT2D eigenvalue weighted by molar-refractivity contribution is 5.33. The van der Waals surface area contributed by atoms with E-state index in [0.29, 0.717) is 11.6 Å². The number of piperidine rings is 1. The van der Waals surface area contributed by atoms with Crippen LogP contribution >= 0.6 is 0 Å². The van der Waals surface area contributed by atoms with E-state index in [1.54, 1.807) is 0 Å². The van der Waals surface area contributed by atoms with E-state index in [1.807, 2.05) is 0 Å². The molecule has 0 unspecified atom stereocenters. The highest BCUT2D eigenvalue weighted by Crippen LogP contribution is 2.21. The minimum Gasteiger partial charge on any atom is -0.310 e. The van der Waals surface area contributed by atoms with Crippen molar-refractivity contribution in [2.45, 2.75) is 65.6 Å². The number of hydrogen-bond acceptors (Lipinski definition) is 2. The summed E-state index contributed by atoms with van der Waals surface area (Å²) < 4.78 is 0. The molecule has 1 fully saturated rings. The monoisotopic (exact) mass is 274 g/mol. The van der Waals surface area contributed by atoms with E-state index in [4.69, 9.17) is 0 Å². The molecule has 20 heavy (non-hydrogen) atoms. The fraction of sp³-hybridized carbons (Fsp3) is 0.667. The van der Waals surface area contributed by atoms with Gasteiger partial charge in [0.2, 0.25) is 0 Å². The molecule has 0 amide bonds. The van der Waals surface area contributed by atoms with Crippen molar-refractivity contribution < 1.29 is 0 Å². The van der Waals surface area contributed by atoms with Crippen LogP contribution in [0.2, 0.25) is 0 Å². The van der Waals surface area contributed by atoms with Crippen molar-refractivity contribution >= 4 is 0 Å². The largest absolute Gasteiger partial charge is 0.310 e. The second kappa shape index (κ2) is 6.28. The summed E-state index contributed by atoms with van der Waals surface area (Å²) in [6, 6.07) is 7.25. The number of likely N-dealkylation sites (tertiary alicyclic amines) is 1. The molecule has 0 aliphatic carbocycles. The highest BCUT2D eigenvalue weighted by Gasteiger charge is 2.26. The molecule has 2 nitrogen and oxygen atoms in total. The molecular weight excluding hydrogens is 244 g/mol. The first kappa shape index (κ1) is 15.5. The van der Waals surface area contributed by atoms with Gasteiger partial charge in [-0.1, -0.05) is 18.2 Å². The highest BCUT2D eigenvalue weighted by atomic mass is 15.2. The van der Waals surface area contributed by atoms with Gasteiger partial charge in [-0.3, -0.25) is 4.90 Å². The van der Waals surface area contributed by atoms with Crippen LogP contribution in [0.25, 0.3) is 0 Å². The summed E-state index contributed by atoms with van der Waals surface area (Å²) in [5, 5.41) is 3.76. The van der Waals surface area contributed by atoms with E-state index >= 15 is 0 Å². The van der Waals surface area contributed by atoms with Crippen LogP contribution in [-0.2, 0) is 6.54 Å². The van der Waals surface area contributed by atoms with Crippen LogP contribution in [0.15, 0.2) is 18.2 Å². The third-order valence-corrected chi connectivity index (χ3v) is 4.66. The molecule has 0 spiro atoms. The summed E-state index contributed by atoms with van der Waals surface area (Å²) in [6.07, 6.45) is 2.53. The lowest BCUT2D eigenvalue weighted by molar-refractivity contribution is 0.0960. The predicted octanol–water partition coefficient (Wildman–Crippen LogP) is 3.66. The van der Waals surface area contributed by atoms with E-state index in [2.05, 4.69) is 63.0 Å². The topological polar surface area (TPSA) is 15.3 Å². The maximum atomic E-state index is 3.76. The molecular formula is C18H30N2. The molecule has 0 atom stereocenters. The maximum absolute atomic E-state index is 3.76. The van der Waals surface area contributed by atoms with Crippen LogP contribution in [0.4, 0.5) is 0 Å². The van der Waals surface area contributed by atoms with Gasteiger partial charge < -0.3 is 5.32 Å². The molecule has 1 aliphatic heterocycles. The molecule has 1 aromatic rings. The quantitative estimate of drug-likeness (QED) is 0.905. The molecule has 2 heteroatoms. The predicted molar refractivity (Wildman–Crippen MR) is 87.1 cm³/mol. The number of nitrogens with zero attached hydrogens (tertiary/aromatic N) is 1. The summed E-state index contributed by atoms with van der Waals surface area (Å²) in [4.78, 5) is 2.60. The lowest BCUT2D eigenvalue weighted by Gasteiger charge is -2.41. The van der Waals surface area contributed by atoms with Gasteiger partial charge in [-0.05, 0) is 64.2 Å². The Bertz CT molecular complexity index is 417. The number of nitrogens with one attached hydrogen (secondary N) is 1. The van der Waals surface area contributed by atoms with Crippen molar-refractivity contribution in [2.24, 2.45) is 0 Å². The van der Waals surface area contributed by atoms with Crippen LogP contribution < -0.4 is 5.32 Å². The summed E-state index contributed by atoms with van der Waals surface area (Å²) in [6.45, 7) is 14.8. The zero-order chi connectivity index (χ0) is 14.8. The van der Waals surface area contributed by atoms with Gasteiger partial charge in [0.25, 0.3) is 0 Å². The first-order valence-electron chi connectivity index (χ1n) is 7.91. The zero-order valence-electron chi connectivity index (χ0n) is 13.8. The smallest absolute Gasteiger partial charge is 0.0213 e. The van der Waals surface area contributed by atoms with Crippen molar-refractivity contribution in [3.05, 3.63) is 34.9 Å². The third kappa shape index (κ3) is 3.83. The van der Waals surface area contributed by atoms with E-state index in [-0.39, 0.29) is 0 Å². The fourth-order valence-electron chi connectivity index (χ4n) is 3.13. The van der Waals surface area contributed by atoms with E-state index in [0.717, 1.165) is 6.54 Å². The molecule has 1 aliphatic rings. The summed E-state index contributed by atoms with van der Waals surface area (Å²) in [7, 11) is 0. The Kier molecular flexibility index (Phi) is 4.87. The molecule has 0 saturated carbocycles. The summed E-state index contributed by atoms with van der Waals surface area (Å²) in [5.41, 5.74) is 4.61. The van der Waals surface area contributed by atoms with Crippen LogP contribution in [0, 0.1) is 13.8 Å². The number of aryl methyl sites for hydroxylation is 2. The van der Waals surface area contributed by atoms with Crippen molar-refractivity contribution in [2.75, 3.05) is 13.1 Å². The Morgan fingerprint density at radius 1 is 1.10 bits per heavy atom. The van der Waals surface area contributed by atoms with Crippen molar-refractivity contribution in [1.29, 1.82) is 0 Å². The average molecular weight is 274 g/mol. The normalized spacial score (nSPS) is 18.4. The lowest BCUT2D eigenvalue weighted by atomic mass is 9.97. The van der Waals surface area contributed by atoms with E-state index in [1.165, 1.54) is 42.6 Å². The fourth-order valence-corrected chi connectivity index (χ4v) is 3.13. The number of benzene rings is 1. The third-order valence-electron chi connectivity index (χ3n) is 4.66. The van der Waals surface area contributed by atoms with Gasteiger partial charge in [0.15, 0.2) is 0 Å². The van der Waals surface area contributed by atoms with Crippen molar-refractivity contribution in [3.63, 3.8) is 0 Å². The Morgan fingerprint density at radius 2 is 1.65 bits per heavy atom. The van der Waals surface area contributed by atoms with Gasteiger partial charge in [0.05, 0.1) is 0 Å². The van der Waals surface area contributed by atoms with Gasteiger partial charge in [0.1, 0.15) is 0 Å². The minimum atomic E-state index is 0.317. The second-order valence-electron chi connectivity index (χ2n) is 7.18. The van der Waals surface area contributed by atoms with Crippen LogP contribution in [0.3, 0.4) is 0 Å². The Hall–Kier alpha value is -0.860.